The first-order chi connectivity index (χ1) is 17.9. The van der Waals surface area contributed by atoms with Crippen molar-refractivity contribution in [1.82, 2.24) is 0 Å². The first-order valence-corrected chi connectivity index (χ1v) is 15.6. The Morgan fingerprint density at radius 2 is 1.36 bits per heavy atom. The van der Waals surface area contributed by atoms with Gasteiger partial charge in [0.2, 0.25) is 6.04 Å². The maximum absolute atomic E-state index is 12.3. The van der Waals surface area contributed by atoms with Crippen LogP contribution < -0.4 is 0 Å². The summed E-state index contributed by atoms with van der Waals surface area (Å²) in [5, 5.41) is 12.3. The zero-order valence-corrected chi connectivity index (χ0v) is 24.4. The molecule has 0 aliphatic heterocycles. The SMILES string of the molecule is CC(=O)OC[C@@H](OC(C)=O)[C@@H](OC(C)=O)[C@H](OC(C)=O)C(OC(C)=O)[C@@H]1CC=C[C@H](O[Si](C)(C)C)[C@H]1[N+](=O)[O-]. The van der Waals surface area contributed by atoms with Crippen LogP contribution in [0.25, 0.3) is 0 Å². The maximum Gasteiger partial charge on any atom is 0.303 e. The molecule has 1 unspecified atom stereocenters. The summed E-state index contributed by atoms with van der Waals surface area (Å²) in [4.78, 5) is 71.8. The number of ether oxygens (including phenoxy) is 5. The van der Waals surface area contributed by atoms with E-state index in [1.807, 2.05) is 19.6 Å². The van der Waals surface area contributed by atoms with Crippen LogP contribution in [0, 0.1) is 16.0 Å². The van der Waals surface area contributed by atoms with Gasteiger partial charge in [-0.3, -0.25) is 34.1 Å². The molecule has 0 fully saturated rings. The Morgan fingerprint density at radius 1 is 0.846 bits per heavy atom. The minimum absolute atomic E-state index is 0.00187. The number of nitro groups is 1. The van der Waals surface area contributed by atoms with Gasteiger partial charge in [-0.05, 0) is 26.1 Å². The maximum atomic E-state index is 12.3. The first-order valence-electron chi connectivity index (χ1n) is 12.2. The summed E-state index contributed by atoms with van der Waals surface area (Å²) in [5.41, 5.74) is 0. The lowest BCUT2D eigenvalue weighted by Gasteiger charge is -2.41. The molecule has 0 heterocycles. The molecule has 39 heavy (non-hydrogen) atoms. The van der Waals surface area contributed by atoms with Crippen molar-refractivity contribution in [2.75, 3.05) is 6.61 Å². The second-order valence-electron chi connectivity index (χ2n) is 9.97. The van der Waals surface area contributed by atoms with Crippen molar-refractivity contribution in [3.8, 4) is 0 Å². The van der Waals surface area contributed by atoms with Crippen LogP contribution in [-0.4, -0.2) is 86.3 Å². The van der Waals surface area contributed by atoms with Crippen LogP contribution in [0.1, 0.15) is 41.0 Å². The molecule has 0 aromatic carbocycles. The summed E-state index contributed by atoms with van der Waals surface area (Å²) in [6, 6.07) is -1.46. The number of carbonyl (C=O) groups excluding carboxylic acids is 5. The number of rotatable bonds is 13. The Hall–Kier alpha value is -3.33. The summed E-state index contributed by atoms with van der Waals surface area (Å²) >= 11 is 0. The molecule has 0 spiro atoms. The van der Waals surface area contributed by atoms with E-state index in [-0.39, 0.29) is 6.42 Å². The molecule has 0 aromatic heterocycles. The third-order valence-electron chi connectivity index (χ3n) is 5.35. The van der Waals surface area contributed by atoms with Crippen molar-refractivity contribution in [2.24, 2.45) is 5.92 Å². The molecule has 14 nitrogen and oxygen atoms in total. The van der Waals surface area contributed by atoms with E-state index >= 15 is 0 Å². The lowest BCUT2D eigenvalue weighted by atomic mass is 9.79. The summed E-state index contributed by atoms with van der Waals surface area (Å²) in [6.07, 6.45) is -4.31. The molecule has 1 rings (SSSR count). The highest BCUT2D eigenvalue weighted by atomic mass is 28.4. The minimum Gasteiger partial charge on any atom is -0.462 e. The third kappa shape index (κ3) is 11.5. The predicted octanol–water partition coefficient (Wildman–Crippen LogP) is 1.72. The highest BCUT2D eigenvalue weighted by Crippen LogP contribution is 2.34. The fraction of sp³-hybridized carbons (Fsp3) is 0.708. The Labute approximate surface area is 227 Å². The molecule has 0 saturated carbocycles. The van der Waals surface area contributed by atoms with Gasteiger partial charge in [0.05, 0.1) is 5.92 Å². The van der Waals surface area contributed by atoms with Crippen LogP contribution in [-0.2, 0) is 52.1 Å². The van der Waals surface area contributed by atoms with Crippen LogP contribution >= 0.6 is 0 Å². The minimum atomic E-state index is -2.31. The van der Waals surface area contributed by atoms with Gasteiger partial charge in [0.1, 0.15) is 12.7 Å². The first kappa shape index (κ1) is 33.7. The van der Waals surface area contributed by atoms with Crippen molar-refractivity contribution in [3.63, 3.8) is 0 Å². The van der Waals surface area contributed by atoms with Crippen LogP contribution in [0.5, 0.6) is 0 Å². The standard InChI is InChI=1S/C24H37NO13Si/c1-13(26)33-12-20(34-14(2)27)23(36-16(4)29)24(37-17(5)30)22(35-15(3)28)18-10-9-11-19(21(18)25(31)32)38-39(6,7)8/h9,11,18-24H,10,12H2,1-8H3/t18-,19+,20-,21+,22?,23-,24-/m1/s1. The van der Waals surface area contributed by atoms with Crippen molar-refractivity contribution in [3.05, 3.63) is 22.3 Å². The number of nitrogens with zero attached hydrogens (tertiary/aromatic N) is 1. The molecule has 0 radical (unpaired) electrons. The molecule has 15 heteroatoms. The van der Waals surface area contributed by atoms with Gasteiger partial charge in [-0.2, -0.15) is 0 Å². The molecule has 220 valence electrons. The van der Waals surface area contributed by atoms with Gasteiger partial charge in [0.15, 0.2) is 32.7 Å². The molecule has 0 aromatic rings. The Kier molecular flexibility index (Phi) is 12.7. The normalized spacial score (nSPS) is 21.9. The molecule has 1 aliphatic carbocycles. The quantitative estimate of drug-likeness (QED) is 0.0773. The molecule has 0 N–H and O–H groups in total. The number of esters is 5. The predicted molar refractivity (Wildman–Crippen MR) is 135 cm³/mol. The lowest BCUT2D eigenvalue weighted by Crippen LogP contribution is -2.59. The average Bonchev–Trinajstić information content (AvgIpc) is 2.75. The second-order valence-corrected chi connectivity index (χ2v) is 14.4. The van der Waals surface area contributed by atoms with Crippen molar-refractivity contribution >= 4 is 38.2 Å². The average molecular weight is 576 g/mol. The highest BCUT2D eigenvalue weighted by Gasteiger charge is 2.54. The van der Waals surface area contributed by atoms with Crippen LogP contribution in [0.4, 0.5) is 0 Å². The van der Waals surface area contributed by atoms with Gasteiger partial charge in [0.25, 0.3) is 0 Å². The fourth-order valence-electron chi connectivity index (χ4n) is 4.25. The van der Waals surface area contributed by atoms with Crippen molar-refractivity contribution in [1.29, 1.82) is 0 Å². The lowest BCUT2D eigenvalue weighted by molar-refractivity contribution is -0.544. The van der Waals surface area contributed by atoms with Crippen molar-refractivity contribution < 1.29 is 57.0 Å². The summed E-state index contributed by atoms with van der Waals surface area (Å²) in [5.74, 6) is -5.45. The van der Waals surface area contributed by atoms with Gasteiger partial charge in [-0.1, -0.05) is 12.2 Å². The number of allylic oxidation sites excluding steroid dienone is 1. The highest BCUT2D eigenvalue weighted by molar-refractivity contribution is 6.69. The van der Waals surface area contributed by atoms with Gasteiger partial charge >= 0.3 is 29.8 Å². The smallest absolute Gasteiger partial charge is 0.303 e. The van der Waals surface area contributed by atoms with E-state index in [1.165, 1.54) is 0 Å². The van der Waals surface area contributed by atoms with E-state index in [1.54, 1.807) is 12.2 Å². The van der Waals surface area contributed by atoms with Crippen LogP contribution in [0.3, 0.4) is 0 Å². The van der Waals surface area contributed by atoms with E-state index in [0.29, 0.717) is 0 Å². The van der Waals surface area contributed by atoms with E-state index in [2.05, 4.69) is 0 Å². The Bertz CT molecular complexity index is 960. The summed E-state index contributed by atoms with van der Waals surface area (Å²) < 4.78 is 32.6. The van der Waals surface area contributed by atoms with Gasteiger partial charge in [-0.25, -0.2) is 0 Å². The zero-order chi connectivity index (χ0) is 30.1. The van der Waals surface area contributed by atoms with E-state index < -0.39 is 92.2 Å². The monoisotopic (exact) mass is 575 g/mol. The van der Waals surface area contributed by atoms with Crippen molar-refractivity contribution in [2.45, 2.75) is 97.2 Å². The number of hydrogen-bond donors (Lipinski definition) is 0. The van der Waals surface area contributed by atoms with Gasteiger partial charge < -0.3 is 28.1 Å². The number of carbonyl (C=O) groups is 5. The molecule has 1 aliphatic rings. The molecule has 7 atom stereocenters. The molecular weight excluding hydrogens is 538 g/mol. The van der Waals surface area contributed by atoms with E-state index in [4.69, 9.17) is 28.1 Å². The fourth-order valence-corrected chi connectivity index (χ4v) is 5.28. The molecular formula is C24H37NO13Si. The summed E-state index contributed by atoms with van der Waals surface area (Å²) in [7, 11) is -2.31. The molecule has 0 saturated heterocycles. The Balaban J connectivity index is 3.77. The van der Waals surface area contributed by atoms with E-state index in [0.717, 1.165) is 34.6 Å². The Morgan fingerprint density at radius 3 is 1.79 bits per heavy atom. The topological polar surface area (TPSA) is 184 Å². The molecule has 0 amide bonds. The van der Waals surface area contributed by atoms with Gasteiger partial charge in [-0.15, -0.1) is 0 Å². The number of hydrogen-bond acceptors (Lipinski definition) is 13. The van der Waals surface area contributed by atoms with Gasteiger partial charge in [0, 0.05) is 39.5 Å². The summed E-state index contributed by atoms with van der Waals surface area (Å²) in [6.45, 7) is 10.2. The third-order valence-corrected chi connectivity index (χ3v) is 6.33. The van der Waals surface area contributed by atoms with Crippen LogP contribution in [0.15, 0.2) is 12.2 Å². The zero-order valence-electron chi connectivity index (χ0n) is 23.4. The van der Waals surface area contributed by atoms with E-state index in [9.17, 15) is 34.1 Å². The second kappa shape index (κ2) is 14.7. The molecule has 0 bridgehead atoms. The largest absolute Gasteiger partial charge is 0.462 e. The van der Waals surface area contributed by atoms with Crippen LogP contribution in [0.2, 0.25) is 19.6 Å².